The zero-order valence-electron chi connectivity index (χ0n) is 11.4. The third-order valence-corrected chi connectivity index (χ3v) is 3.85. The first-order valence-corrected chi connectivity index (χ1v) is 7.93. The van der Waals surface area contributed by atoms with E-state index in [9.17, 15) is 9.90 Å². The molecule has 2 rings (SSSR count). The van der Waals surface area contributed by atoms with Crippen LogP contribution in [0.2, 0.25) is 5.02 Å². The molecular weight excluding hydrogens is 308 g/mol. The fourth-order valence-electron chi connectivity index (χ4n) is 1.84. The maximum atomic E-state index is 12.1. The van der Waals surface area contributed by atoms with Crippen molar-refractivity contribution in [3.63, 3.8) is 0 Å². The fourth-order valence-corrected chi connectivity index (χ4v) is 2.59. The Labute approximate surface area is 132 Å². The fraction of sp³-hybridized carbons (Fsp3) is 0.200. The molecular formula is C15H15ClN2O2S. The molecule has 4 nitrogen and oxygen atoms in total. The minimum Gasteiger partial charge on any atom is -0.387 e. The van der Waals surface area contributed by atoms with Crippen LogP contribution in [0.1, 0.15) is 22.0 Å². The molecule has 0 aliphatic rings. The van der Waals surface area contributed by atoms with Gasteiger partial charge in [0.2, 0.25) is 0 Å². The lowest BCUT2D eigenvalue weighted by atomic mass is 10.1. The normalized spacial score (nSPS) is 12.0. The van der Waals surface area contributed by atoms with E-state index in [1.54, 1.807) is 42.6 Å². The maximum Gasteiger partial charge on any atom is 0.254 e. The number of aromatic nitrogens is 1. The van der Waals surface area contributed by atoms with E-state index in [-0.39, 0.29) is 12.5 Å². The number of aliphatic hydroxyl groups excluding tert-OH is 1. The highest BCUT2D eigenvalue weighted by Crippen LogP contribution is 2.19. The van der Waals surface area contributed by atoms with E-state index >= 15 is 0 Å². The van der Waals surface area contributed by atoms with Gasteiger partial charge >= 0.3 is 0 Å². The highest BCUT2D eigenvalue weighted by Gasteiger charge is 2.14. The number of nitrogens with one attached hydrogen (secondary N) is 1. The Balaban J connectivity index is 2.01. The van der Waals surface area contributed by atoms with Crippen molar-refractivity contribution in [3.05, 3.63) is 58.7 Å². The van der Waals surface area contributed by atoms with Crippen LogP contribution in [0.3, 0.4) is 0 Å². The summed E-state index contributed by atoms with van der Waals surface area (Å²) in [5, 5.41) is 14.0. The van der Waals surface area contributed by atoms with Crippen molar-refractivity contribution >= 4 is 29.3 Å². The third kappa shape index (κ3) is 4.20. The maximum absolute atomic E-state index is 12.1. The molecule has 21 heavy (non-hydrogen) atoms. The Hall–Kier alpha value is -1.56. The van der Waals surface area contributed by atoms with Gasteiger partial charge in [0.25, 0.3) is 5.91 Å². The molecule has 1 aromatic heterocycles. The Bertz CT molecular complexity index is 637. The number of amides is 1. The van der Waals surface area contributed by atoms with E-state index in [4.69, 9.17) is 11.6 Å². The van der Waals surface area contributed by atoms with E-state index in [1.807, 2.05) is 6.26 Å². The van der Waals surface area contributed by atoms with Crippen LogP contribution in [-0.2, 0) is 0 Å². The van der Waals surface area contributed by atoms with E-state index < -0.39 is 6.10 Å². The number of benzene rings is 1. The van der Waals surface area contributed by atoms with Crippen molar-refractivity contribution in [2.24, 2.45) is 0 Å². The Morgan fingerprint density at radius 1 is 1.43 bits per heavy atom. The molecule has 2 N–H and O–H groups in total. The molecule has 6 heteroatoms. The topological polar surface area (TPSA) is 62.2 Å². The first-order valence-electron chi connectivity index (χ1n) is 6.32. The largest absolute Gasteiger partial charge is 0.387 e. The van der Waals surface area contributed by atoms with Crippen molar-refractivity contribution in [2.75, 3.05) is 12.8 Å². The van der Waals surface area contributed by atoms with Crippen molar-refractivity contribution in [2.45, 2.75) is 11.1 Å². The molecule has 1 atom stereocenters. The highest BCUT2D eigenvalue weighted by atomic mass is 35.5. The Morgan fingerprint density at radius 2 is 2.24 bits per heavy atom. The van der Waals surface area contributed by atoms with Crippen LogP contribution in [0.5, 0.6) is 0 Å². The van der Waals surface area contributed by atoms with Gasteiger partial charge in [-0.25, -0.2) is 4.98 Å². The number of hydrogen-bond donors (Lipinski definition) is 2. The van der Waals surface area contributed by atoms with Gasteiger partial charge in [-0.2, -0.15) is 0 Å². The van der Waals surface area contributed by atoms with Crippen LogP contribution in [0.15, 0.2) is 47.6 Å². The Kier molecular flexibility index (Phi) is 5.61. The molecule has 0 spiro atoms. The predicted molar refractivity (Wildman–Crippen MR) is 84.8 cm³/mol. The molecule has 1 aromatic carbocycles. The van der Waals surface area contributed by atoms with Crippen LogP contribution in [0.4, 0.5) is 0 Å². The SMILES string of the molecule is CSc1ncccc1C(=O)NC[C@@H](O)c1cccc(Cl)c1. The molecule has 0 fully saturated rings. The second-order valence-electron chi connectivity index (χ2n) is 4.34. The van der Waals surface area contributed by atoms with Gasteiger partial charge in [-0.1, -0.05) is 23.7 Å². The molecule has 0 unspecified atom stereocenters. The number of nitrogens with zero attached hydrogens (tertiary/aromatic N) is 1. The van der Waals surface area contributed by atoms with E-state index in [1.165, 1.54) is 11.8 Å². The summed E-state index contributed by atoms with van der Waals surface area (Å²) in [5.41, 5.74) is 1.17. The Morgan fingerprint density at radius 3 is 2.95 bits per heavy atom. The second kappa shape index (κ2) is 7.45. The average Bonchev–Trinajstić information content (AvgIpc) is 2.52. The van der Waals surface area contributed by atoms with Gasteiger partial charge in [0.1, 0.15) is 5.03 Å². The minimum atomic E-state index is -0.804. The standard InChI is InChI=1S/C15H15ClN2O2S/c1-21-15-12(6-3-7-17-15)14(20)18-9-13(19)10-4-2-5-11(16)8-10/h2-8,13,19H,9H2,1H3,(H,18,20)/t13-/m1/s1. The molecule has 110 valence electrons. The minimum absolute atomic E-state index is 0.113. The highest BCUT2D eigenvalue weighted by molar-refractivity contribution is 7.98. The number of halogens is 1. The average molecular weight is 323 g/mol. The van der Waals surface area contributed by atoms with E-state index in [0.717, 1.165) is 0 Å². The number of carbonyl (C=O) groups excluding carboxylic acids is 1. The molecule has 1 amide bonds. The van der Waals surface area contributed by atoms with E-state index in [2.05, 4.69) is 10.3 Å². The molecule has 0 aliphatic heterocycles. The van der Waals surface area contributed by atoms with Crippen LogP contribution in [-0.4, -0.2) is 28.8 Å². The summed E-state index contributed by atoms with van der Waals surface area (Å²) in [5.74, 6) is -0.256. The van der Waals surface area contributed by atoms with Gasteiger partial charge in [-0.3, -0.25) is 4.79 Å². The number of carbonyl (C=O) groups is 1. The zero-order valence-corrected chi connectivity index (χ0v) is 13.0. The van der Waals surface area contributed by atoms with Gasteiger partial charge in [0.05, 0.1) is 11.7 Å². The first kappa shape index (κ1) is 15.8. The lowest BCUT2D eigenvalue weighted by Crippen LogP contribution is -2.28. The lowest BCUT2D eigenvalue weighted by molar-refractivity contribution is 0.0912. The third-order valence-electron chi connectivity index (χ3n) is 2.90. The number of hydrogen-bond acceptors (Lipinski definition) is 4. The summed E-state index contributed by atoms with van der Waals surface area (Å²) in [4.78, 5) is 16.3. The van der Waals surface area contributed by atoms with Gasteiger partial charge in [0, 0.05) is 17.8 Å². The van der Waals surface area contributed by atoms with Gasteiger partial charge in [0.15, 0.2) is 0 Å². The number of pyridine rings is 1. The number of aliphatic hydroxyl groups is 1. The summed E-state index contributed by atoms with van der Waals surface area (Å²) in [7, 11) is 0. The summed E-state index contributed by atoms with van der Waals surface area (Å²) < 4.78 is 0. The molecule has 2 aromatic rings. The molecule has 0 bridgehead atoms. The van der Waals surface area contributed by atoms with Crippen molar-refractivity contribution in [1.29, 1.82) is 0 Å². The summed E-state index contributed by atoms with van der Waals surface area (Å²) in [6.45, 7) is 0.113. The summed E-state index contributed by atoms with van der Waals surface area (Å²) >= 11 is 7.28. The van der Waals surface area contributed by atoms with Gasteiger partial charge in [-0.05, 0) is 36.1 Å². The first-order chi connectivity index (χ1) is 10.1. The summed E-state index contributed by atoms with van der Waals surface area (Å²) in [6.07, 6.45) is 2.70. The van der Waals surface area contributed by atoms with Gasteiger partial charge < -0.3 is 10.4 Å². The van der Waals surface area contributed by atoms with Crippen LogP contribution < -0.4 is 5.32 Å². The lowest BCUT2D eigenvalue weighted by Gasteiger charge is -2.13. The van der Waals surface area contributed by atoms with Crippen LogP contribution in [0.25, 0.3) is 0 Å². The quantitative estimate of drug-likeness (QED) is 0.831. The van der Waals surface area contributed by atoms with Crippen molar-refractivity contribution in [3.8, 4) is 0 Å². The molecule has 1 heterocycles. The second-order valence-corrected chi connectivity index (χ2v) is 5.57. The summed E-state index contributed by atoms with van der Waals surface area (Å²) in [6, 6.07) is 10.4. The zero-order chi connectivity index (χ0) is 15.2. The smallest absolute Gasteiger partial charge is 0.254 e. The van der Waals surface area contributed by atoms with Crippen LogP contribution in [0, 0.1) is 0 Å². The monoisotopic (exact) mass is 322 g/mol. The van der Waals surface area contributed by atoms with Crippen molar-refractivity contribution in [1.82, 2.24) is 10.3 Å². The number of rotatable bonds is 5. The molecule has 0 aliphatic carbocycles. The molecule has 0 saturated carbocycles. The molecule has 0 radical (unpaired) electrons. The van der Waals surface area contributed by atoms with Gasteiger partial charge in [-0.15, -0.1) is 11.8 Å². The van der Waals surface area contributed by atoms with Crippen LogP contribution >= 0.6 is 23.4 Å². The number of thioether (sulfide) groups is 1. The molecule has 0 saturated heterocycles. The van der Waals surface area contributed by atoms with E-state index in [0.29, 0.717) is 21.2 Å². The predicted octanol–water partition coefficient (Wildman–Crippen LogP) is 2.92. The van der Waals surface area contributed by atoms with Crippen molar-refractivity contribution < 1.29 is 9.90 Å².